The molecule has 1 rings (SSSR count). The fourth-order valence-electron chi connectivity index (χ4n) is 0.784. The standard InChI is InChI=1S/C7H7F2NO2/c8-5-2-1-4(3-12-10)6(9)7(5)11/h1-2,11H,3,10H2. The first kappa shape index (κ1) is 8.89. The molecule has 0 aliphatic rings. The summed E-state index contributed by atoms with van der Waals surface area (Å²) >= 11 is 0. The molecular weight excluding hydrogens is 168 g/mol. The highest BCUT2D eigenvalue weighted by atomic mass is 19.1. The average Bonchev–Trinajstić information content (AvgIpc) is 2.07. The van der Waals surface area contributed by atoms with E-state index >= 15 is 0 Å². The number of benzene rings is 1. The molecule has 0 unspecified atom stereocenters. The number of aromatic hydroxyl groups is 1. The van der Waals surface area contributed by atoms with Crippen LogP contribution in [0.1, 0.15) is 5.56 Å². The largest absolute Gasteiger partial charge is 0.503 e. The second-order valence-electron chi connectivity index (χ2n) is 2.18. The molecule has 0 saturated heterocycles. The van der Waals surface area contributed by atoms with E-state index in [0.717, 1.165) is 12.1 Å². The fourth-order valence-corrected chi connectivity index (χ4v) is 0.784. The van der Waals surface area contributed by atoms with Crippen molar-refractivity contribution in [1.29, 1.82) is 0 Å². The summed E-state index contributed by atoms with van der Waals surface area (Å²) < 4.78 is 25.3. The van der Waals surface area contributed by atoms with Gasteiger partial charge in [-0.3, -0.25) is 4.84 Å². The third-order valence-electron chi connectivity index (χ3n) is 1.39. The van der Waals surface area contributed by atoms with Crippen molar-refractivity contribution in [3.63, 3.8) is 0 Å². The van der Waals surface area contributed by atoms with Crippen LogP contribution < -0.4 is 5.90 Å². The number of nitrogens with two attached hydrogens (primary N) is 1. The van der Waals surface area contributed by atoms with Crippen LogP contribution in [0, 0.1) is 11.6 Å². The first-order valence-corrected chi connectivity index (χ1v) is 3.14. The summed E-state index contributed by atoms with van der Waals surface area (Å²) in [7, 11) is 0. The Hall–Kier alpha value is -1.20. The normalized spacial score (nSPS) is 10.2. The van der Waals surface area contributed by atoms with Gasteiger partial charge in [-0.15, -0.1) is 0 Å². The lowest BCUT2D eigenvalue weighted by atomic mass is 10.2. The predicted molar refractivity (Wildman–Crippen MR) is 37.0 cm³/mol. The Bertz CT molecular complexity index is 291. The quantitative estimate of drug-likeness (QED) is 0.661. The molecule has 0 aromatic heterocycles. The van der Waals surface area contributed by atoms with E-state index in [9.17, 15) is 8.78 Å². The highest BCUT2D eigenvalue weighted by Gasteiger charge is 2.11. The third-order valence-corrected chi connectivity index (χ3v) is 1.39. The topological polar surface area (TPSA) is 55.5 Å². The van der Waals surface area contributed by atoms with Crippen molar-refractivity contribution in [2.45, 2.75) is 6.61 Å². The Morgan fingerprint density at radius 3 is 2.67 bits per heavy atom. The maximum Gasteiger partial charge on any atom is 0.188 e. The smallest absolute Gasteiger partial charge is 0.188 e. The van der Waals surface area contributed by atoms with Gasteiger partial charge in [-0.1, -0.05) is 6.07 Å². The van der Waals surface area contributed by atoms with Crippen LogP contribution in [0.4, 0.5) is 8.78 Å². The van der Waals surface area contributed by atoms with Crippen molar-refractivity contribution in [2.24, 2.45) is 5.90 Å². The lowest BCUT2D eigenvalue weighted by Gasteiger charge is -2.02. The van der Waals surface area contributed by atoms with Crippen LogP contribution >= 0.6 is 0 Å². The van der Waals surface area contributed by atoms with Gasteiger partial charge >= 0.3 is 0 Å². The van der Waals surface area contributed by atoms with Gasteiger partial charge in [0.25, 0.3) is 0 Å². The molecule has 0 saturated carbocycles. The molecule has 0 atom stereocenters. The van der Waals surface area contributed by atoms with E-state index in [1.807, 2.05) is 0 Å². The molecule has 0 amide bonds. The van der Waals surface area contributed by atoms with Gasteiger partial charge < -0.3 is 5.11 Å². The second-order valence-corrected chi connectivity index (χ2v) is 2.18. The van der Waals surface area contributed by atoms with Crippen molar-refractivity contribution in [2.75, 3.05) is 0 Å². The Kier molecular flexibility index (Phi) is 2.57. The third kappa shape index (κ3) is 1.51. The summed E-state index contributed by atoms with van der Waals surface area (Å²) in [5.74, 6) is 1.62. The summed E-state index contributed by atoms with van der Waals surface area (Å²) in [5, 5.41) is 8.77. The molecule has 0 spiro atoms. The van der Waals surface area contributed by atoms with Gasteiger partial charge in [-0.2, -0.15) is 0 Å². The summed E-state index contributed by atoms with van der Waals surface area (Å²) in [6.07, 6.45) is 0. The molecule has 12 heavy (non-hydrogen) atoms. The summed E-state index contributed by atoms with van der Waals surface area (Å²) in [6.45, 7) is -0.209. The first-order chi connectivity index (χ1) is 5.66. The van der Waals surface area contributed by atoms with Gasteiger partial charge in [0.1, 0.15) is 0 Å². The molecule has 1 aromatic rings. The molecule has 5 heteroatoms. The van der Waals surface area contributed by atoms with Gasteiger partial charge in [-0.25, -0.2) is 14.7 Å². The number of rotatable bonds is 2. The van der Waals surface area contributed by atoms with Crippen LogP contribution in [0.3, 0.4) is 0 Å². The maximum absolute atomic E-state index is 12.8. The number of phenols is 1. The molecule has 66 valence electrons. The second kappa shape index (κ2) is 3.46. The molecule has 0 radical (unpaired) electrons. The van der Waals surface area contributed by atoms with Gasteiger partial charge in [-0.05, 0) is 6.07 Å². The Labute approximate surface area is 67.3 Å². The monoisotopic (exact) mass is 175 g/mol. The van der Waals surface area contributed by atoms with Gasteiger partial charge in [0.05, 0.1) is 6.61 Å². The van der Waals surface area contributed by atoms with Crippen LogP contribution in [0.15, 0.2) is 12.1 Å². The minimum Gasteiger partial charge on any atom is -0.503 e. The zero-order valence-corrected chi connectivity index (χ0v) is 6.05. The van der Waals surface area contributed by atoms with E-state index in [0.29, 0.717) is 0 Å². The van der Waals surface area contributed by atoms with Crippen molar-refractivity contribution >= 4 is 0 Å². The van der Waals surface area contributed by atoms with Crippen LogP contribution in [-0.2, 0) is 11.4 Å². The number of phenolic OH excluding ortho intramolecular Hbond substituents is 1. The molecule has 0 heterocycles. The summed E-state index contributed by atoms with van der Waals surface area (Å²) in [6, 6.07) is 2.09. The number of hydrogen-bond donors (Lipinski definition) is 2. The predicted octanol–water partition coefficient (Wildman–Crippen LogP) is 1.06. The van der Waals surface area contributed by atoms with Crippen LogP contribution in [-0.4, -0.2) is 5.11 Å². The molecule has 0 aliphatic carbocycles. The minimum atomic E-state index is -1.04. The molecule has 0 bridgehead atoms. The van der Waals surface area contributed by atoms with E-state index in [1.165, 1.54) is 0 Å². The van der Waals surface area contributed by atoms with E-state index in [-0.39, 0.29) is 12.2 Å². The Balaban J connectivity index is 3.08. The zero-order chi connectivity index (χ0) is 9.14. The van der Waals surface area contributed by atoms with E-state index in [2.05, 4.69) is 10.7 Å². The molecule has 0 fully saturated rings. The molecule has 1 aromatic carbocycles. The lowest BCUT2D eigenvalue weighted by Crippen LogP contribution is -2.01. The first-order valence-electron chi connectivity index (χ1n) is 3.14. The fraction of sp³-hybridized carbons (Fsp3) is 0.143. The summed E-state index contributed by atoms with van der Waals surface area (Å²) in [4.78, 5) is 4.13. The number of hydrogen-bond acceptors (Lipinski definition) is 3. The van der Waals surface area contributed by atoms with Crippen molar-refractivity contribution in [3.05, 3.63) is 29.3 Å². The van der Waals surface area contributed by atoms with E-state index in [1.54, 1.807) is 0 Å². The Morgan fingerprint density at radius 2 is 2.08 bits per heavy atom. The zero-order valence-electron chi connectivity index (χ0n) is 6.05. The highest BCUT2D eigenvalue weighted by Crippen LogP contribution is 2.22. The molecular formula is C7H7F2NO2. The van der Waals surface area contributed by atoms with Crippen molar-refractivity contribution < 1.29 is 18.7 Å². The molecule has 3 nitrogen and oxygen atoms in total. The van der Waals surface area contributed by atoms with Gasteiger partial charge in [0.2, 0.25) is 0 Å². The van der Waals surface area contributed by atoms with Gasteiger partial charge in [0, 0.05) is 5.56 Å². The average molecular weight is 175 g/mol. The lowest BCUT2D eigenvalue weighted by molar-refractivity contribution is 0.121. The Morgan fingerprint density at radius 1 is 1.42 bits per heavy atom. The molecule has 3 N–H and O–H groups in total. The van der Waals surface area contributed by atoms with Crippen LogP contribution in [0.2, 0.25) is 0 Å². The van der Waals surface area contributed by atoms with Crippen LogP contribution in [0.5, 0.6) is 5.75 Å². The van der Waals surface area contributed by atoms with Crippen LogP contribution in [0.25, 0.3) is 0 Å². The van der Waals surface area contributed by atoms with Gasteiger partial charge in [0.15, 0.2) is 17.4 Å². The minimum absolute atomic E-state index is 0.0106. The molecule has 0 aliphatic heterocycles. The SMILES string of the molecule is NOCc1ccc(F)c(O)c1F. The number of halogens is 2. The van der Waals surface area contributed by atoms with Crippen molar-refractivity contribution in [3.8, 4) is 5.75 Å². The summed E-state index contributed by atoms with van der Waals surface area (Å²) in [5.41, 5.74) is 0.0106. The maximum atomic E-state index is 12.8. The van der Waals surface area contributed by atoms with E-state index in [4.69, 9.17) is 5.11 Å². The van der Waals surface area contributed by atoms with E-state index < -0.39 is 17.4 Å². The highest BCUT2D eigenvalue weighted by molar-refractivity contribution is 5.30. The van der Waals surface area contributed by atoms with Crippen molar-refractivity contribution in [1.82, 2.24) is 0 Å².